The SMILES string of the molecule is CC(C)n1cc(C(=O)c2cccc(NS(=O)(=O)c3cccc(Oc4ccccn4)c3)c2)c2c(N)ncnc21. The van der Waals surface area contributed by atoms with Gasteiger partial charge in [0.1, 0.15) is 23.5 Å². The molecule has 38 heavy (non-hydrogen) atoms. The summed E-state index contributed by atoms with van der Waals surface area (Å²) < 4.78 is 36.4. The minimum absolute atomic E-state index is 0.00686. The normalized spacial score (nSPS) is 11.6. The number of carbonyl (C=O) groups is 1. The average molecular weight is 529 g/mol. The van der Waals surface area contributed by atoms with Crippen molar-refractivity contribution in [2.75, 3.05) is 10.5 Å². The lowest BCUT2D eigenvalue weighted by molar-refractivity contribution is 0.104. The smallest absolute Gasteiger partial charge is 0.262 e. The molecule has 0 radical (unpaired) electrons. The highest BCUT2D eigenvalue weighted by Crippen LogP contribution is 2.29. The van der Waals surface area contributed by atoms with E-state index in [2.05, 4.69) is 19.7 Å². The number of benzene rings is 2. The summed E-state index contributed by atoms with van der Waals surface area (Å²) in [6, 6.07) is 17.5. The molecule has 2 aromatic carbocycles. The number of fused-ring (bicyclic) bond motifs is 1. The van der Waals surface area contributed by atoms with Crippen LogP contribution in [0.5, 0.6) is 11.6 Å². The molecule has 0 atom stereocenters. The zero-order chi connectivity index (χ0) is 26.9. The number of hydrogen-bond acceptors (Lipinski definition) is 8. The van der Waals surface area contributed by atoms with Gasteiger partial charge in [0.2, 0.25) is 5.88 Å². The van der Waals surface area contributed by atoms with Gasteiger partial charge < -0.3 is 15.0 Å². The van der Waals surface area contributed by atoms with Crippen molar-refractivity contribution in [1.29, 1.82) is 0 Å². The molecule has 3 N–H and O–H groups in total. The van der Waals surface area contributed by atoms with Gasteiger partial charge in [0, 0.05) is 41.8 Å². The van der Waals surface area contributed by atoms with Gasteiger partial charge in [-0.2, -0.15) is 0 Å². The Balaban J connectivity index is 1.43. The van der Waals surface area contributed by atoms with Gasteiger partial charge in [0.05, 0.1) is 15.8 Å². The maximum atomic E-state index is 13.5. The van der Waals surface area contributed by atoms with Crippen molar-refractivity contribution >= 4 is 38.3 Å². The molecule has 11 heteroatoms. The quantitative estimate of drug-likeness (QED) is 0.273. The van der Waals surface area contributed by atoms with E-state index in [1.54, 1.807) is 60.9 Å². The number of ether oxygens (including phenoxy) is 1. The first-order valence-corrected chi connectivity index (χ1v) is 13.2. The van der Waals surface area contributed by atoms with Crippen LogP contribution in [0.15, 0.2) is 90.3 Å². The van der Waals surface area contributed by atoms with Crippen LogP contribution in [0.3, 0.4) is 0 Å². The summed E-state index contributed by atoms with van der Waals surface area (Å²) >= 11 is 0. The lowest BCUT2D eigenvalue weighted by Gasteiger charge is -2.11. The first kappa shape index (κ1) is 24.9. The molecule has 0 aliphatic heterocycles. The third-order valence-corrected chi connectivity index (χ3v) is 7.17. The van der Waals surface area contributed by atoms with E-state index in [0.717, 1.165) is 0 Å². The molecule has 0 spiro atoms. The lowest BCUT2D eigenvalue weighted by atomic mass is 10.0. The van der Waals surface area contributed by atoms with Crippen LogP contribution in [0.4, 0.5) is 11.5 Å². The number of nitrogen functional groups attached to an aromatic ring is 1. The van der Waals surface area contributed by atoms with Crippen LogP contribution in [0.1, 0.15) is 35.8 Å². The highest BCUT2D eigenvalue weighted by Gasteiger charge is 2.22. The second-order valence-electron chi connectivity index (χ2n) is 8.76. The fourth-order valence-electron chi connectivity index (χ4n) is 4.00. The number of nitrogens with one attached hydrogen (secondary N) is 1. The Morgan fingerprint density at radius 1 is 1.00 bits per heavy atom. The Morgan fingerprint density at radius 3 is 2.58 bits per heavy atom. The van der Waals surface area contributed by atoms with E-state index >= 15 is 0 Å². The lowest BCUT2D eigenvalue weighted by Crippen LogP contribution is -2.13. The van der Waals surface area contributed by atoms with Gasteiger partial charge in [-0.15, -0.1) is 0 Å². The van der Waals surface area contributed by atoms with Gasteiger partial charge in [0.25, 0.3) is 10.0 Å². The van der Waals surface area contributed by atoms with E-state index in [9.17, 15) is 13.2 Å². The number of carbonyl (C=O) groups excluding carboxylic acids is 1. The first-order valence-electron chi connectivity index (χ1n) is 11.7. The zero-order valence-electron chi connectivity index (χ0n) is 20.6. The molecule has 0 saturated carbocycles. The summed E-state index contributed by atoms with van der Waals surface area (Å²) in [6.45, 7) is 3.94. The number of aromatic nitrogens is 4. The molecule has 0 aliphatic carbocycles. The van der Waals surface area contributed by atoms with Gasteiger partial charge in [-0.3, -0.25) is 9.52 Å². The Bertz CT molecular complexity index is 1750. The minimum atomic E-state index is -3.99. The van der Waals surface area contributed by atoms with Crippen molar-refractivity contribution in [3.05, 3.63) is 96.6 Å². The molecule has 0 saturated heterocycles. The fraction of sp³-hybridized carbons (Fsp3) is 0.111. The largest absolute Gasteiger partial charge is 0.439 e. The van der Waals surface area contributed by atoms with E-state index in [1.807, 2.05) is 18.4 Å². The van der Waals surface area contributed by atoms with Crippen molar-refractivity contribution in [2.24, 2.45) is 0 Å². The molecule has 0 aliphatic rings. The number of nitrogens with zero attached hydrogens (tertiary/aromatic N) is 4. The number of hydrogen-bond donors (Lipinski definition) is 2. The Kier molecular flexibility index (Phi) is 6.52. The molecular weight excluding hydrogens is 504 g/mol. The van der Waals surface area contributed by atoms with E-state index in [0.29, 0.717) is 28.2 Å². The van der Waals surface area contributed by atoms with Crippen molar-refractivity contribution in [1.82, 2.24) is 19.5 Å². The highest BCUT2D eigenvalue weighted by molar-refractivity contribution is 7.92. The standard InChI is InChI=1S/C27H24N6O4S/c1-17(2)33-15-22(24-26(28)30-16-31-27(24)33)25(34)18-7-5-8-19(13-18)32-38(35,36)21-10-6-9-20(14-21)37-23-11-3-4-12-29-23/h3-17,32H,1-2H3,(H2,28,30,31). The van der Waals surface area contributed by atoms with Gasteiger partial charge in [0.15, 0.2) is 5.78 Å². The Labute approximate surface area is 219 Å². The Hall–Kier alpha value is -4.77. The molecule has 10 nitrogen and oxygen atoms in total. The number of pyridine rings is 1. The molecule has 3 heterocycles. The summed E-state index contributed by atoms with van der Waals surface area (Å²) in [5.74, 6) is 0.521. The molecule has 5 rings (SSSR count). The Morgan fingerprint density at radius 2 is 1.82 bits per heavy atom. The van der Waals surface area contributed by atoms with Gasteiger partial charge in [-0.1, -0.05) is 24.3 Å². The number of sulfonamides is 1. The molecule has 5 aromatic rings. The summed E-state index contributed by atoms with van der Waals surface area (Å²) in [7, 11) is -3.99. The van der Waals surface area contributed by atoms with E-state index in [1.165, 1.54) is 24.5 Å². The minimum Gasteiger partial charge on any atom is -0.439 e. The second kappa shape index (κ2) is 9.94. The maximum Gasteiger partial charge on any atom is 0.262 e. The van der Waals surface area contributed by atoms with Gasteiger partial charge >= 0.3 is 0 Å². The van der Waals surface area contributed by atoms with Crippen LogP contribution in [-0.4, -0.2) is 33.7 Å². The number of rotatable bonds is 8. The van der Waals surface area contributed by atoms with Crippen LogP contribution in [-0.2, 0) is 10.0 Å². The number of nitrogens with two attached hydrogens (primary N) is 1. The predicted molar refractivity (Wildman–Crippen MR) is 144 cm³/mol. The molecule has 0 fully saturated rings. The van der Waals surface area contributed by atoms with E-state index < -0.39 is 10.0 Å². The van der Waals surface area contributed by atoms with Crippen LogP contribution in [0, 0.1) is 0 Å². The number of anilines is 2. The van der Waals surface area contributed by atoms with Crippen LogP contribution >= 0.6 is 0 Å². The summed E-state index contributed by atoms with van der Waals surface area (Å²) in [4.78, 5) is 26.0. The predicted octanol–water partition coefficient (Wildman–Crippen LogP) is 4.81. The van der Waals surface area contributed by atoms with Crippen LogP contribution in [0.25, 0.3) is 11.0 Å². The maximum absolute atomic E-state index is 13.5. The van der Waals surface area contributed by atoms with Crippen LogP contribution < -0.4 is 15.2 Å². The molecule has 0 bridgehead atoms. The third kappa shape index (κ3) is 4.91. The topological polar surface area (TPSA) is 142 Å². The number of ketones is 1. The fourth-order valence-corrected chi connectivity index (χ4v) is 5.08. The van der Waals surface area contributed by atoms with Crippen molar-refractivity contribution in [3.8, 4) is 11.6 Å². The summed E-state index contributed by atoms with van der Waals surface area (Å²) in [5, 5.41) is 0.460. The van der Waals surface area contributed by atoms with E-state index in [-0.39, 0.29) is 33.8 Å². The van der Waals surface area contributed by atoms with Crippen molar-refractivity contribution < 1.29 is 17.9 Å². The molecule has 3 aromatic heterocycles. The van der Waals surface area contributed by atoms with Crippen molar-refractivity contribution in [3.63, 3.8) is 0 Å². The molecule has 0 amide bonds. The second-order valence-corrected chi connectivity index (χ2v) is 10.4. The molecule has 0 unspecified atom stereocenters. The van der Waals surface area contributed by atoms with Crippen molar-refractivity contribution in [2.45, 2.75) is 24.8 Å². The van der Waals surface area contributed by atoms with Crippen LogP contribution in [0.2, 0.25) is 0 Å². The molecule has 192 valence electrons. The van der Waals surface area contributed by atoms with Gasteiger partial charge in [-0.25, -0.2) is 23.4 Å². The third-order valence-electron chi connectivity index (χ3n) is 5.79. The first-order chi connectivity index (χ1) is 18.2. The van der Waals surface area contributed by atoms with E-state index in [4.69, 9.17) is 10.5 Å². The average Bonchev–Trinajstić information content (AvgIpc) is 3.30. The summed E-state index contributed by atoms with van der Waals surface area (Å²) in [6.07, 6.45) is 4.64. The van der Waals surface area contributed by atoms with Gasteiger partial charge in [-0.05, 0) is 44.2 Å². The molecular formula is C27H24N6O4S. The summed E-state index contributed by atoms with van der Waals surface area (Å²) in [5.41, 5.74) is 7.50. The monoisotopic (exact) mass is 528 g/mol. The highest BCUT2D eigenvalue weighted by atomic mass is 32.2. The zero-order valence-corrected chi connectivity index (χ0v) is 21.4.